The summed E-state index contributed by atoms with van der Waals surface area (Å²) in [5.74, 6) is 0.980. The number of nitrogens with zero attached hydrogens (tertiary/aromatic N) is 5. The molecule has 0 radical (unpaired) electrons. The largest absolute Gasteiger partial charge is 0.482 e. The molecule has 0 saturated carbocycles. The Morgan fingerprint density at radius 3 is 3.07 bits per heavy atom. The van der Waals surface area contributed by atoms with Crippen LogP contribution in [0.15, 0.2) is 36.8 Å². The first kappa shape index (κ1) is 16.6. The summed E-state index contributed by atoms with van der Waals surface area (Å²) in [6, 6.07) is 4.93. The minimum atomic E-state index is -0.304. The zero-order chi connectivity index (χ0) is 18.8. The number of carbonyl (C=O) groups excluding carboxylic acids is 2. The van der Waals surface area contributed by atoms with Gasteiger partial charge in [0.05, 0.1) is 18.4 Å². The van der Waals surface area contributed by atoms with Crippen molar-refractivity contribution in [2.45, 2.75) is 6.54 Å². The molecule has 2 N–H and O–H groups in total. The van der Waals surface area contributed by atoms with Gasteiger partial charge in [0.1, 0.15) is 17.3 Å². The maximum Gasteiger partial charge on any atom is 0.264 e. The van der Waals surface area contributed by atoms with Crippen LogP contribution in [0.5, 0.6) is 5.75 Å². The van der Waals surface area contributed by atoms with E-state index in [1.807, 2.05) is 0 Å². The quantitative estimate of drug-likeness (QED) is 0.691. The normalized spacial score (nSPS) is 13.1. The first-order valence-corrected chi connectivity index (χ1v) is 8.11. The van der Waals surface area contributed by atoms with E-state index in [0.29, 0.717) is 34.3 Å². The molecule has 136 valence electrons. The molecular formula is C17H15N7O3. The van der Waals surface area contributed by atoms with Crippen molar-refractivity contribution in [2.24, 2.45) is 0 Å². The number of nitrogens with one attached hydrogen (secondary N) is 2. The van der Waals surface area contributed by atoms with Gasteiger partial charge in [0.2, 0.25) is 5.82 Å². The molecule has 10 nitrogen and oxygen atoms in total. The van der Waals surface area contributed by atoms with Gasteiger partial charge in [-0.3, -0.25) is 19.7 Å². The summed E-state index contributed by atoms with van der Waals surface area (Å²) in [5, 5.41) is 9.58. The lowest BCUT2D eigenvalue weighted by molar-refractivity contribution is -0.120. The van der Waals surface area contributed by atoms with Crippen LogP contribution in [0.3, 0.4) is 0 Å². The van der Waals surface area contributed by atoms with Crippen LogP contribution in [0.4, 0.5) is 5.69 Å². The molecule has 3 heterocycles. The third-order valence-corrected chi connectivity index (χ3v) is 4.05. The Bertz CT molecular complexity index is 1000. The Labute approximate surface area is 153 Å². The zero-order valence-electron chi connectivity index (χ0n) is 14.3. The molecule has 2 amide bonds. The van der Waals surface area contributed by atoms with Crippen molar-refractivity contribution >= 4 is 17.5 Å². The van der Waals surface area contributed by atoms with Crippen LogP contribution in [0, 0.1) is 0 Å². The number of likely N-dealkylation sites (N-methyl/N-ethyl adjacent to an activating group) is 1. The number of rotatable bonds is 4. The van der Waals surface area contributed by atoms with E-state index in [-0.39, 0.29) is 25.0 Å². The molecule has 0 fully saturated rings. The van der Waals surface area contributed by atoms with Crippen molar-refractivity contribution in [1.82, 2.24) is 30.5 Å². The van der Waals surface area contributed by atoms with Crippen LogP contribution in [0.1, 0.15) is 16.2 Å². The number of ether oxygens (including phenoxy) is 1. The van der Waals surface area contributed by atoms with Gasteiger partial charge < -0.3 is 15.0 Å². The number of aromatic nitrogens is 5. The first-order valence-electron chi connectivity index (χ1n) is 8.11. The van der Waals surface area contributed by atoms with Gasteiger partial charge in [-0.15, -0.1) is 0 Å². The number of fused-ring (bicyclic) bond motifs is 1. The van der Waals surface area contributed by atoms with E-state index in [0.717, 1.165) is 0 Å². The molecule has 0 spiro atoms. The van der Waals surface area contributed by atoms with Crippen LogP contribution < -0.4 is 15.0 Å². The second kappa shape index (κ2) is 6.83. The van der Waals surface area contributed by atoms with E-state index in [9.17, 15) is 9.59 Å². The fourth-order valence-corrected chi connectivity index (χ4v) is 2.58. The summed E-state index contributed by atoms with van der Waals surface area (Å²) in [4.78, 5) is 38.0. The molecule has 1 aromatic carbocycles. The third kappa shape index (κ3) is 3.32. The number of aromatic amines is 1. The lowest BCUT2D eigenvalue weighted by Gasteiger charge is -2.26. The van der Waals surface area contributed by atoms with Gasteiger partial charge >= 0.3 is 0 Å². The lowest BCUT2D eigenvalue weighted by atomic mass is 10.1. The Balaban J connectivity index is 1.45. The average molecular weight is 365 g/mol. The van der Waals surface area contributed by atoms with E-state index >= 15 is 0 Å². The Morgan fingerprint density at radius 2 is 2.26 bits per heavy atom. The van der Waals surface area contributed by atoms with Crippen molar-refractivity contribution in [1.29, 1.82) is 0 Å². The predicted molar refractivity (Wildman–Crippen MR) is 93.9 cm³/mol. The molecule has 0 atom stereocenters. The number of H-pyrrole nitrogens is 1. The minimum Gasteiger partial charge on any atom is -0.482 e. The van der Waals surface area contributed by atoms with E-state index in [1.165, 1.54) is 4.90 Å². The number of hydrogen-bond acceptors (Lipinski definition) is 7. The molecule has 2 aromatic heterocycles. The maximum atomic E-state index is 12.4. The number of hydrogen-bond donors (Lipinski definition) is 2. The SMILES string of the molecule is CN1C(=O)COc2ccc(C(=O)NCc3nc(-c4cnccn4)n[nH]3)cc21. The summed E-state index contributed by atoms with van der Waals surface area (Å²) in [7, 11) is 1.65. The molecule has 10 heteroatoms. The number of carbonyl (C=O) groups is 2. The molecule has 0 saturated heterocycles. The Morgan fingerprint density at radius 1 is 1.37 bits per heavy atom. The number of benzene rings is 1. The highest BCUT2D eigenvalue weighted by molar-refractivity contribution is 6.00. The highest BCUT2D eigenvalue weighted by atomic mass is 16.5. The van der Waals surface area contributed by atoms with Crippen LogP contribution >= 0.6 is 0 Å². The van der Waals surface area contributed by atoms with Crippen LogP contribution in [-0.4, -0.2) is 50.6 Å². The molecule has 4 rings (SSSR count). The number of amides is 2. The monoisotopic (exact) mass is 365 g/mol. The molecule has 1 aliphatic rings. The second-order valence-corrected chi connectivity index (χ2v) is 5.80. The fraction of sp³-hybridized carbons (Fsp3) is 0.176. The fourth-order valence-electron chi connectivity index (χ4n) is 2.58. The zero-order valence-corrected chi connectivity index (χ0v) is 14.3. The topological polar surface area (TPSA) is 126 Å². The molecule has 3 aromatic rings. The van der Waals surface area contributed by atoms with Crippen molar-refractivity contribution in [3.05, 3.63) is 48.2 Å². The third-order valence-electron chi connectivity index (χ3n) is 4.05. The van der Waals surface area contributed by atoms with Crippen molar-refractivity contribution < 1.29 is 14.3 Å². The summed E-state index contributed by atoms with van der Waals surface area (Å²) >= 11 is 0. The van der Waals surface area contributed by atoms with E-state index in [2.05, 4.69) is 30.5 Å². The second-order valence-electron chi connectivity index (χ2n) is 5.80. The van der Waals surface area contributed by atoms with E-state index in [4.69, 9.17) is 4.74 Å². The predicted octanol–water partition coefficient (Wildman–Crippen LogP) is 0.547. The van der Waals surface area contributed by atoms with Crippen LogP contribution in [0.25, 0.3) is 11.5 Å². The summed E-state index contributed by atoms with van der Waals surface area (Å²) in [6.45, 7) is 0.156. The molecule has 1 aliphatic heterocycles. The highest BCUT2D eigenvalue weighted by Crippen LogP contribution is 2.31. The van der Waals surface area contributed by atoms with E-state index < -0.39 is 0 Å². The van der Waals surface area contributed by atoms with Gasteiger partial charge in [-0.1, -0.05) is 0 Å². The standard InChI is InChI=1S/C17H15N7O3/c1-24-12-6-10(2-3-13(12)27-9-15(24)25)17(26)20-8-14-21-16(23-22-14)11-7-18-4-5-19-11/h2-7H,8-9H2,1H3,(H,20,26)(H,21,22,23). The van der Waals surface area contributed by atoms with Crippen molar-refractivity contribution in [2.75, 3.05) is 18.6 Å². The average Bonchev–Trinajstić information content (AvgIpc) is 3.18. The maximum absolute atomic E-state index is 12.4. The van der Waals surface area contributed by atoms with Gasteiger partial charge in [0.25, 0.3) is 11.8 Å². The van der Waals surface area contributed by atoms with Gasteiger partial charge in [0, 0.05) is 25.0 Å². The summed E-state index contributed by atoms with van der Waals surface area (Å²) in [6.07, 6.45) is 4.67. The minimum absolute atomic E-state index is 0.00530. The van der Waals surface area contributed by atoms with Crippen LogP contribution in [-0.2, 0) is 11.3 Å². The van der Waals surface area contributed by atoms with Crippen LogP contribution in [0.2, 0.25) is 0 Å². The molecule has 27 heavy (non-hydrogen) atoms. The summed E-state index contributed by atoms with van der Waals surface area (Å²) < 4.78 is 5.36. The summed E-state index contributed by atoms with van der Waals surface area (Å²) in [5.41, 5.74) is 1.50. The lowest BCUT2D eigenvalue weighted by Crippen LogP contribution is -2.35. The van der Waals surface area contributed by atoms with E-state index in [1.54, 1.807) is 43.8 Å². The van der Waals surface area contributed by atoms with Gasteiger partial charge in [-0.05, 0) is 18.2 Å². The smallest absolute Gasteiger partial charge is 0.264 e. The first-order chi connectivity index (χ1) is 13.1. The molecule has 0 bridgehead atoms. The Kier molecular flexibility index (Phi) is 4.21. The molecule has 0 unspecified atom stereocenters. The van der Waals surface area contributed by atoms with Crippen molar-refractivity contribution in [3.8, 4) is 17.3 Å². The molecular weight excluding hydrogens is 350 g/mol. The van der Waals surface area contributed by atoms with Gasteiger partial charge in [-0.25, -0.2) is 9.97 Å². The molecule has 0 aliphatic carbocycles. The van der Waals surface area contributed by atoms with Crippen molar-refractivity contribution in [3.63, 3.8) is 0 Å². The number of anilines is 1. The van der Waals surface area contributed by atoms with Gasteiger partial charge in [0.15, 0.2) is 6.61 Å². The Hall–Kier alpha value is -3.82. The van der Waals surface area contributed by atoms with Gasteiger partial charge in [-0.2, -0.15) is 5.10 Å². The highest BCUT2D eigenvalue weighted by Gasteiger charge is 2.23.